The minimum atomic E-state index is -0.526. The van der Waals surface area contributed by atoms with Crippen LogP contribution in [-0.4, -0.2) is 73.5 Å². The van der Waals surface area contributed by atoms with E-state index in [2.05, 4.69) is 39.3 Å². The molecule has 8 nitrogen and oxygen atoms in total. The molecule has 1 fully saturated rings. The number of alkyl carbamates (subject to hydrolysis) is 1. The van der Waals surface area contributed by atoms with Gasteiger partial charge in [-0.1, -0.05) is 26.0 Å². The molecule has 1 saturated heterocycles. The fourth-order valence-corrected chi connectivity index (χ4v) is 3.34. The molecule has 1 aliphatic heterocycles. The van der Waals surface area contributed by atoms with Gasteiger partial charge in [0, 0.05) is 39.8 Å². The van der Waals surface area contributed by atoms with Crippen LogP contribution >= 0.6 is 24.0 Å². The molecular formula is C22H38IN5O3. The van der Waals surface area contributed by atoms with E-state index < -0.39 is 11.7 Å². The quantitative estimate of drug-likeness (QED) is 0.298. The largest absolute Gasteiger partial charge is 0.506 e. The number of piperazine rings is 1. The molecule has 9 heteroatoms. The summed E-state index contributed by atoms with van der Waals surface area (Å²) in [5.41, 5.74) is 0.337. The number of nitrogens with zero attached hydrogens (tertiary/aromatic N) is 3. The third-order valence-electron chi connectivity index (χ3n) is 5.00. The van der Waals surface area contributed by atoms with Gasteiger partial charge < -0.3 is 30.3 Å². The number of phenolic OH excluding ortho intramolecular Hbond substituents is 1. The Balaban J connectivity index is 0.00000480. The van der Waals surface area contributed by atoms with Gasteiger partial charge in [-0.15, -0.1) is 24.0 Å². The maximum Gasteiger partial charge on any atom is 0.407 e. The van der Waals surface area contributed by atoms with E-state index in [-0.39, 0.29) is 35.9 Å². The second kappa shape index (κ2) is 12.2. The molecule has 0 spiro atoms. The first-order chi connectivity index (χ1) is 14.1. The Morgan fingerprint density at radius 2 is 1.81 bits per heavy atom. The molecule has 0 radical (unpaired) electrons. The number of halogens is 1. The van der Waals surface area contributed by atoms with E-state index in [0.29, 0.717) is 12.3 Å². The molecular weight excluding hydrogens is 509 g/mol. The Hall–Kier alpha value is -1.91. The lowest BCUT2D eigenvalue weighted by molar-refractivity contribution is 0.0491. The van der Waals surface area contributed by atoms with Gasteiger partial charge in [0.2, 0.25) is 0 Å². The SMILES string of the molecule is CN=C(NCC(NC(=O)OC(C)(C)C)C(C)C)N1CCN(c2ccccc2O)CC1.I. The van der Waals surface area contributed by atoms with Crippen molar-refractivity contribution in [3.63, 3.8) is 0 Å². The molecule has 1 heterocycles. The van der Waals surface area contributed by atoms with E-state index in [1.807, 2.05) is 39.0 Å². The van der Waals surface area contributed by atoms with Gasteiger partial charge in [0.15, 0.2) is 5.96 Å². The average molecular weight is 547 g/mol. The van der Waals surface area contributed by atoms with Crippen molar-refractivity contribution in [2.45, 2.75) is 46.3 Å². The van der Waals surface area contributed by atoms with Crippen LogP contribution in [0.2, 0.25) is 0 Å². The van der Waals surface area contributed by atoms with Crippen molar-refractivity contribution >= 4 is 41.7 Å². The third kappa shape index (κ3) is 8.62. The molecule has 1 atom stereocenters. The number of benzene rings is 1. The monoisotopic (exact) mass is 547 g/mol. The number of carbonyl (C=O) groups is 1. The molecule has 31 heavy (non-hydrogen) atoms. The van der Waals surface area contributed by atoms with Gasteiger partial charge in [0.1, 0.15) is 11.4 Å². The number of para-hydroxylation sites is 2. The molecule has 176 valence electrons. The lowest BCUT2D eigenvalue weighted by atomic mass is 10.0. The average Bonchev–Trinajstić information content (AvgIpc) is 2.67. The molecule has 2 rings (SSSR count). The highest BCUT2D eigenvalue weighted by Gasteiger charge is 2.24. The molecule has 1 aromatic rings. The summed E-state index contributed by atoms with van der Waals surface area (Å²) in [6.45, 7) is 13.4. The van der Waals surface area contributed by atoms with Crippen LogP contribution in [0.15, 0.2) is 29.3 Å². The van der Waals surface area contributed by atoms with Crippen molar-refractivity contribution in [1.29, 1.82) is 0 Å². The molecule has 1 aliphatic rings. The highest BCUT2D eigenvalue weighted by atomic mass is 127. The molecule has 1 unspecified atom stereocenters. The lowest BCUT2D eigenvalue weighted by Gasteiger charge is -2.38. The second-order valence-electron chi connectivity index (χ2n) is 8.89. The number of amides is 1. The van der Waals surface area contributed by atoms with E-state index in [4.69, 9.17) is 4.74 Å². The standard InChI is InChI=1S/C22H37N5O3.HI/c1-16(2)17(25-21(29)30-22(3,4)5)15-24-20(23-6)27-13-11-26(12-14-27)18-9-7-8-10-19(18)28;/h7-10,16-17,28H,11-15H2,1-6H3,(H,23,24)(H,25,29);1H. The predicted molar refractivity (Wildman–Crippen MR) is 137 cm³/mol. The molecule has 0 aliphatic carbocycles. The molecule has 1 amide bonds. The summed E-state index contributed by atoms with van der Waals surface area (Å²) in [5.74, 6) is 1.35. The first-order valence-electron chi connectivity index (χ1n) is 10.6. The maximum atomic E-state index is 12.2. The van der Waals surface area contributed by atoms with Crippen molar-refractivity contribution in [2.24, 2.45) is 10.9 Å². The van der Waals surface area contributed by atoms with Gasteiger partial charge in [-0.25, -0.2) is 4.79 Å². The van der Waals surface area contributed by atoms with Crippen LogP contribution in [0.25, 0.3) is 0 Å². The second-order valence-corrected chi connectivity index (χ2v) is 8.89. The number of ether oxygens (including phenoxy) is 1. The number of hydrogen-bond donors (Lipinski definition) is 3. The number of aliphatic imine (C=N–C) groups is 1. The number of carbonyl (C=O) groups excluding carboxylic acids is 1. The molecule has 0 saturated carbocycles. The van der Waals surface area contributed by atoms with Gasteiger partial charge in [-0.05, 0) is 38.8 Å². The van der Waals surface area contributed by atoms with Crippen molar-refractivity contribution in [3.8, 4) is 5.75 Å². The number of rotatable bonds is 5. The highest BCUT2D eigenvalue weighted by molar-refractivity contribution is 14.0. The van der Waals surface area contributed by atoms with Gasteiger partial charge in [-0.3, -0.25) is 4.99 Å². The number of guanidine groups is 1. The lowest BCUT2D eigenvalue weighted by Crippen LogP contribution is -2.55. The summed E-state index contributed by atoms with van der Waals surface area (Å²) in [5, 5.41) is 16.4. The topological polar surface area (TPSA) is 89.4 Å². The van der Waals surface area contributed by atoms with Gasteiger partial charge >= 0.3 is 6.09 Å². The summed E-state index contributed by atoms with van der Waals surface area (Å²) < 4.78 is 5.39. The summed E-state index contributed by atoms with van der Waals surface area (Å²) in [4.78, 5) is 21.0. The molecule has 1 aromatic carbocycles. The number of phenols is 1. The Bertz CT molecular complexity index is 728. The van der Waals surface area contributed by atoms with E-state index in [0.717, 1.165) is 37.8 Å². The molecule has 0 aromatic heterocycles. The Morgan fingerprint density at radius 1 is 1.19 bits per heavy atom. The van der Waals surface area contributed by atoms with Gasteiger partial charge in [-0.2, -0.15) is 0 Å². The van der Waals surface area contributed by atoms with Crippen molar-refractivity contribution in [1.82, 2.24) is 15.5 Å². The van der Waals surface area contributed by atoms with Crippen LogP contribution in [0.3, 0.4) is 0 Å². The zero-order valence-corrected chi connectivity index (χ0v) is 21.8. The number of nitrogens with one attached hydrogen (secondary N) is 2. The molecule has 3 N–H and O–H groups in total. The minimum absolute atomic E-state index is 0. The van der Waals surface area contributed by atoms with Crippen LogP contribution in [0.1, 0.15) is 34.6 Å². The van der Waals surface area contributed by atoms with Crippen LogP contribution in [0.5, 0.6) is 5.75 Å². The maximum absolute atomic E-state index is 12.2. The number of hydrogen-bond acceptors (Lipinski definition) is 5. The number of anilines is 1. The summed E-state index contributed by atoms with van der Waals surface area (Å²) in [7, 11) is 1.77. The van der Waals surface area contributed by atoms with Crippen LogP contribution in [0.4, 0.5) is 10.5 Å². The zero-order chi connectivity index (χ0) is 22.3. The zero-order valence-electron chi connectivity index (χ0n) is 19.5. The highest BCUT2D eigenvalue weighted by Crippen LogP contribution is 2.27. The summed E-state index contributed by atoms with van der Waals surface area (Å²) in [6.07, 6.45) is -0.408. The Morgan fingerprint density at radius 3 is 2.32 bits per heavy atom. The normalized spacial score (nSPS) is 15.9. The van der Waals surface area contributed by atoms with E-state index in [1.165, 1.54) is 0 Å². The van der Waals surface area contributed by atoms with E-state index in [9.17, 15) is 9.90 Å². The van der Waals surface area contributed by atoms with Crippen LogP contribution in [-0.2, 0) is 4.74 Å². The fourth-order valence-electron chi connectivity index (χ4n) is 3.34. The van der Waals surface area contributed by atoms with Gasteiger partial charge in [0.25, 0.3) is 0 Å². The van der Waals surface area contributed by atoms with Crippen molar-refractivity contribution in [3.05, 3.63) is 24.3 Å². The first kappa shape index (κ1) is 27.1. The Labute approximate surface area is 203 Å². The van der Waals surface area contributed by atoms with E-state index >= 15 is 0 Å². The van der Waals surface area contributed by atoms with Crippen LogP contribution < -0.4 is 15.5 Å². The minimum Gasteiger partial charge on any atom is -0.506 e. The summed E-state index contributed by atoms with van der Waals surface area (Å²) in [6, 6.07) is 7.34. The predicted octanol–water partition coefficient (Wildman–Crippen LogP) is 3.26. The Kier molecular flexibility index (Phi) is 10.7. The van der Waals surface area contributed by atoms with Crippen LogP contribution in [0, 0.1) is 5.92 Å². The summed E-state index contributed by atoms with van der Waals surface area (Å²) >= 11 is 0. The first-order valence-corrected chi connectivity index (χ1v) is 10.6. The molecule has 0 bridgehead atoms. The smallest absolute Gasteiger partial charge is 0.407 e. The van der Waals surface area contributed by atoms with Crippen molar-refractivity contribution < 1.29 is 14.6 Å². The van der Waals surface area contributed by atoms with Crippen molar-refractivity contribution in [2.75, 3.05) is 44.7 Å². The third-order valence-corrected chi connectivity index (χ3v) is 5.00. The van der Waals surface area contributed by atoms with E-state index in [1.54, 1.807) is 13.1 Å². The fraction of sp³-hybridized carbons (Fsp3) is 0.636. The van der Waals surface area contributed by atoms with Gasteiger partial charge in [0.05, 0.1) is 11.7 Å². The number of aromatic hydroxyl groups is 1.